The van der Waals surface area contributed by atoms with Crippen LogP contribution in [0.3, 0.4) is 0 Å². The van der Waals surface area contributed by atoms with Crippen LogP contribution < -0.4 is 5.32 Å². The van der Waals surface area contributed by atoms with Crippen molar-refractivity contribution in [1.29, 1.82) is 0 Å². The highest BCUT2D eigenvalue weighted by Crippen LogP contribution is 2.34. The van der Waals surface area contributed by atoms with Crippen molar-refractivity contribution in [1.82, 2.24) is 9.88 Å². The summed E-state index contributed by atoms with van der Waals surface area (Å²) >= 11 is 0. The fourth-order valence-corrected chi connectivity index (χ4v) is 1.82. The van der Waals surface area contributed by atoms with E-state index >= 15 is 0 Å². The zero-order chi connectivity index (χ0) is 10.7. The molecule has 0 atom stereocenters. The molecule has 0 amide bonds. The molecule has 1 saturated carbocycles. The minimum Gasteiger partial charge on any atom is -0.394 e. The van der Waals surface area contributed by atoms with Crippen LogP contribution in [0.5, 0.6) is 0 Å². The molecule has 3 nitrogen and oxygen atoms in total. The van der Waals surface area contributed by atoms with E-state index in [0.29, 0.717) is 0 Å². The maximum absolute atomic E-state index is 9.16. The van der Waals surface area contributed by atoms with Crippen molar-refractivity contribution in [2.75, 3.05) is 6.61 Å². The van der Waals surface area contributed by atoms with Gasteiger partial charge in [-0.15, -0.1) is 0 Å². The van der Waals surface area contributed by atoms with Gasteiger partial charge in [0.2, 0.25) is 0 Å². The van der Waals surface area contributed by atoms with Gasteiger partial charge in [-0.2, -0.15) is 0 Å². The smallest absolute Gasteiger partial charge is 0.0613 e. The number of aromatic nitrogens is 1. The Labute approximate surface area is 91.1 Å². The van der Waals surface area contributed by atoms with Crippen LogP contribution in [0.25, 0.3) is 0 Å². The fourth-order valence-electron chi connectivity index (χ4n) is 1.82. The molecule has 3 heteroatoms. The summed E-state index contributed by atoms with van der Waals surface area (Å²) in [5, 5.41) is 12.6. The summed E-state index contributed by atoms with van der Waals surface area (Å²) in [5.74, 6) is 0. The molecule has 1 heterocycles. The summed E-state index contributed by atoms with van der Waals surface area (Å²) in [6.45, 7) is 4.41. The molecule has 1 aromatic rings. The molecule has 1 fully saturated rings. The lowest BCUT2D eigenvalue weighted by Crippen LogP contribution is -2.33. The predicted molar refractivity (Wildman–Crippen MR) is 60.6 cm³/mol. The summed E-state index contributed by atoms with van der Waals surface area (Å²) in [6, 6.07) is 2.15. The van der Waals surface area contributed by atoms with E-state index in [9.17, 15) is 0 Å². The summed E-state index contributed by atoms with van der Waals surface area (Å²) in [6.07, 6.45) is 7.70. The molecule has 0 aliphatic heterocycles. The van der Waals surface area contributed by atoms with Crippen LogP contribution in [0.1, 0.15) is 31.7 Å². The fraction of sp³-hybridized carbons (Fsp3) is 0.667. The third-order valence-electron chi connectivity index (χ3n) is 3.12. The van der Waals surface area contributed by atoms with Crippen LogP contribution in [0, 0.1) is 0 Å². The number of nitrogens with one attached hydrogen (secondary N) is 1. The molecule has 0 unspecified atom stereocenters. The standard InChI is InChI=1S/C12H20N2O/c1-2-6-14-7-3-11(9-14)8-13-12(10-15)4-5-12/h3,7,9,13,15H,2,4-6,8,10H2,1H3. The van der Waals surface area contributed by atoms with Gasteiger partial charge in [-0.05, 0) is 30.9 Å². The molecule has 0 bridgehead atoms. The van der Waals surface area contributed by atoms with Crippen molar-refractivity contribution in [3.63, 3.8) is 0 Å². The lowest BCUT2D eigenvalue weighted by molar-refractivity contribution is 0.229. The molecule has 1 aliphatic carbocycles. The van der Waals surface area contributed by atoms with E-state index in [1.807, 2.05) is 0 Å². The quantitative estimate of drug-likeness (QED) is 0.743. The third-order valence-corrected chi connectivity index (χ3v) is 3.12. The van der Waals surface area contributed by atoms with Gasteiger partial charge in [0.25, 0.3) is 0 Å². The van der Waals surface area contributed by atoms with Crippen LogP contribution in [-0.2, 0) is 13.1 Å². The van der Waals surface area contributed by atoms with Crippen molar-refractivity contribution < 1.29 is 5.11 Å². The third kappa shape index (κ3) is 2.61. The number of rotatable bonds is 6. The van der Waals surface area contributed by atoms with Crippen molar-refractivity contribution in [3.8, 4) is 0 Å². The SMILES string of the molecule is CCCn1ccc(CNC2(CO)CC2)c1. The number of aliphatic hydroxyl groups excluding tert-OH is 1. The van der Waals surface area contributed by atoms with Crippen LogP contribution >= 0.6 is 0 Å². The van der Waals surface area contributed by atoms with Crippen LogP contribution in [-0.4, -0.2) is 21.8 Å². The number of aliphatic hydroxyl groups is 1. The number of hydrogen-bond acceptors (Lipinski definition) is 2. The van der Waals surface area contributed by atoms with Crippen molar-refractivity contribution in [2.45, 2.75) is 44.8 Å². The minimum atomic E-state index is 0.0485. The van der Waals surface area contributed by atoms with E-state index in [-0.39, 0.29) is 12.1 Å². The van der Waals surface area contributed by atoms with E-state index in [4.69, 9.17) is 5.11 Å². The maximum Gasteiger partial charge on any atom is 0.0613 e. The van der Waals surface area contributed by atoms with Crippen LogP contribution in [0.15, 0.2) is 18.5 Å². The maximum atomic E-state index is 9.16. The first-order valence-corrected chi connectivity index (χ1v) is 5.78. The lowest BCUT2D eigenvalue weighted by atomic mass is 10.2. The van der Waals surface area contributed by atoms with Gasteiger partial charge in [0.05, 0.1) is 6.61 Å². The first-order chi connectivity index (χ1) is 7.28. The van der Waals surface area contributed by atoms with E-state index in [2.05, 4.69) is 35.3 Å². The van der Waals surface area contributed by atoms with E-state index in [1.54, 1.807) is 0 Å². The molecule has 2 N–H and O–H groups in total. The Morgan fingerprint density at radius 1 is 1.53 bits per heavy atom. The molecule has 0 spiro atoms. The summed E-state index contributed by atoms with van der Waals surface area (Å²) in [5.41, 5.74) is 1.36. The van der Waals surface area contributed by atoms with Gasteiger partial charge in [-0.1, -0.05) is 6.92 Å². The average molecular weight is 208 g/mol. The molecular formula is C12H20N2O. The molecule has 2 rings (SSSR count). The topological polar surface area (TPSA) is 37.2 Å². The molecule has 1 aliphatic rings. The Hall–Kier alpha value is -0.800. The van der Waals surface area contributed by atoms with Crippen molar-refractivity contribution >= 4 is 0 Å². The molecule has 15 heavy (non-hydrogen) atoms. The Kier molecular flexibility index (Phi) is 3.12. The van der Waals surface area contributed by atoms with Gasteiger partial charge in [0, 0.05) is 31.0 Å². The Morgan fingerprint density at radius 2 is 2.33 bits per heavy atom. The van der Waals surface area contributed by atoms with Gasteiger partial charge in [-0.25, -0.2) is 0 Å². The van der Waals surface area contributed by atoms with E-state index < -0.39 is 0 Å². The molecular weight excluding hydrogens is 188 g/mol. The average Bonchev–Trinajstić information content (AvgIpc) is 2.91. The number of nitrogens with zero attached hydrogens (tertiary/aromatic N) is 1. The highest BCUT2D eigenvalue weighted by molar-refractivity contribution is 5.12. The largest absolute Gasteiger partial charge is 0.394 e. The predicted octanol–water partition coefficient (Wildman–Crippen LogP) is 1.51. The number of aryl methyl sites for hydroxylation is 1. The molecule has 84 valence electrons. The van der Waals surface area contributed by atoms with Gasteiger partial charge < -0.3 is 15.0 Å². The molecule has 0 aromatic carbocycles. The number of hydrogen-bond donors (Lipinski definition) is 2. The first-order valence-electron chi connectivity index (χ1n) is 5.78. The van der Waals surface area contributed by atoms with E-state index in [0.717, 1.165) is 25.9 Å². The van der Waals surface area contributed by atoms with Crippen LogP contribution in [0.4, 0.5) is 0 Å². The Balaban J connectivity index is 1.83. The minimum absolute atomic E-state index is 0.0485. The van der Waals surface area contributed by atoms with Crippen molar-refractivity contribution in [2.24, 2.45) is 0 Å². The van der Waals surface area contributed by atoms with Gasteiger partial charge in [-0.3, -0.25) is 0 Å². The van der Waals surface area contributed by atoms with Gasteiger partial charge in [0.1, 0.15) is 0 Å². The van der Waals surface area contributed by atoms with E-state index in [1.165, 1.54) is 12.0 Å². The normalized spacial score (nSPS) is 18.0. The Bertz CT molecular complexity index is 315. The summed E-state index contributed by atoms with van der Waals surface area (Å²) < 4.78 is 2.22. The molecule has 0 radical (unpaired) electrons. The molecule has 1 aromatic heterocycles. The van der Waals surface area contributed by atoms with Gasteiger partial charge >= 0.3 is 0 Å². The second kappa shape index (κ2) is 4.37. The lowest BCUT2D eigenvalue weighted by Gasteiger charge is -2.12. The highest BCUT2D eigenvalue weighted by Gasteiger charge is 2.41. The van der Waals surface area contributed by atoms with Gasteiger partial charge in [0.15, 0.2) is 0 Å². The zero-order valence-electron chi connectivity index (χ0n) is 9.37. The first kappa shape index (κ1) is 10.7. The second-order valence-corrected chi connectivity index (χ2v) is 4.55. The Morgan fingerprint density at radius 3 is 2.93 bits per heavy atom. The summed E-state index contributed by atoms with van der Waals surface area (Å²) in [4.78, 5) is 0. The zero-order valence-corrected chi connectivity index (χ0v) is 9.37. The monoisotopic (exact) mass is 208 g/mol. The highest BCUT2D eigenvalue weighted by atomic mass is 16.3. The molecule has 0 saturated heterocycles. The second-order valence-electron chi connectivity index (χ2n) is 4.55. The van der Waals surface area contributed by atoms with Crippen molar-refractivity contribution in [3.05, 3.63) is 24.0 Å². The summed E-state index contributed by atoms with van der Waals surface area (Å²) in [7, 11) is 0. The van der Waals surface area contributed by atoms with Crippen LogP contribution in [0.2, 0.25) is 0 Å².